The number of rotatable bonds is 5. The lowest BCUT2D eigenvalue weighted by molar-refractivity contribution is -0.0514. The topological polar surface area (TPSA) is 115 Å². The van der Waals surface area contributed by atoms with Gasteiger partial charge >= 0.3 is 11.9 Å². The van der Waals surface area contributed by atoms with Gasteiger partial charge < -0.3 is 20.4 Å². The van der Waals surface area contributed by atoms with Crippen molar-refractivity contribution < 1.29 is 30.0 Å². The van der Waals surface area contributed by atoms with E-state index in [-0.39, 0.29) is 0 Å². The van der Waals surface area contributed by atoms with E-state index in [4.69, 9.17) is 20.4 Å². The van der Waals surface area contributed by atoms with Crippen LogP contribution in [0.4, 0.5) is 0 Å². The van der Waals surface area contributed by atoms with Crippen molar-refractivity contribution >= 4 is 11.9 Å². The van der Waals surface area contributed by atoms with Crippen LogP contribution in [0.15, 0.2) is 60.7 Å². The summed E-state index contributed by atoms with van der Waals surface area (Å²) in [5.41, 5.74) is -0.272. The molecule has 0 amide bonds. The zero-order valence-corrected chi connectivity index (χ0v) is 15.9. The Hall–Kier alpha value is -2.70. The van der Waals surface area contributed by atoms with Gasteiger partial charge in [-0.25, -0.2) is 9.59 Å². The van der Waals surface area contributed by atoms with Gasteiger partial charge in [0.2, 0.25) is 0 Å². The van der Waals surface area contributed by atoms with Crippen LogP contribution in [0.1, 0.15) is 54.3 Å². The van der Waals surface area contributed by atoms with Crippen LogP contribution in [0, 0.1) is 0 Å². The fraction of sp³-hybridized carbons (Fsp3) is 0.333. The van der Waals surface area contributed by atoms with Gasteiger partial charge in [0.1, 0.15) is 0 Å². The molecule has 0 aromatic heterocycles. The number of hydrogen-bond acceptors (Lipinski definition) is 4. The third-order valence-corrected chi connectivity index (χ3v) is 3.42. The van der Waals surface area contributed by atoms with E-state index in [1.807, 2.05) is 6.92 Å². The van der Waals surface area contributed by atoms with Crippen LogP contribution in [0.3, 0.4) is 0 Å². The van der Waals surface area contributed by atoms with Gasteiger partial charge in [-0.3, -0.25) is 0 Å². The molecule has 0 fully saturated rings. The highest BCUT2D eigenvalue weighted by Crippen LogP contribution is 2.12. The minimum atomic E-state index is -0.935. The van der Waals surface area contributed by atoms with Gasteiger partial charge in [-0.15, -0.1) is 0 Å². The molecule has 0 aliphatic carbocycles. The van der Waals surface area contributed by atoms with Crippen molar-refractivity contribution in [3.63, 3.8) is 0 Å². The molecule has 27 heavy (non-hydrogen) atoms. The third-order valence-electron chi connectivity index (χ3n) is 3.42. The van der Waals surface area contributed by atoms with Crippen molar-refractivity contribution in [1.82, 2.24) is 0 Å². The molecular weight excluding hydrogens is 348 g/mol. The van der Waals surface area contributed by atoms with Crippen LogP contribution in [0.2, 0.25) is 0 Å². The average Bonchev–Trinajstić information content (AvgIpc) is 2.63. The number of aliphatic hydroxyl groups excluding tert-OH is 1. The van der Waals surface area contributed by atoms with E-state index in [0.29, 0.717) is 17.5 Å². The molecule has 2 aromatic carbocycles. The summed E-state index contributed by atoms with van der Waals surface area (Å²) >= 11 is 0. The van der Waals surface area contributed by atoms with Crippen molar-refractivity contribution in [2.75, 3.05) is 0 Å². The van der Waals surface area contributed by atoms with Crippen LogP contribution in [0.25, 0.3) is 0 Å². The zero-order chi connectivity index (χ0) is 20.9. The summed E-state index contributed by atoms with van der Waals surface area (Å²) in [5.74, 6) is -1.76. The van der Waals surface area contributed by atoms with Gasteiger partial charge in [0.05, 0.1) is 22.8 Å². The monoisotopic (exact) mass is 376 g/mol. The molecular formula is C21H28O6. The molecule has 2 rings (SSSR count). The second-order valence-corrected chi connectivity index (χ2v) is 6.30. The first-order chi connectivity index (χ1) is 12.6. The van der Waals surface area contributed by atoms with Crippen LogP contribution >= 0.6 is 0 Å². The number of hydrogen-bond donors (Lipinski definition) is 4. The van der Waals surface area contributed by atoms with Gasteiger partial charge in [-0.05, 0) is 44.5 Å². The second kappa shape index (κ2) is 12.6. The van der Waals surface area contributed by atoms with E-state index in [0.717, 1.165) is 6.42 Å². The van der Waals surface area contributed by atoms with Crippen molar-refractivity contribution in [1.29, 1.82) is 0 Å². The maximum Gasteiger partial charge on any atom is 0.335 e. The number of carboxylic acids is 2. The molecule has 0 heterocycles. The Morgan fingerprint density at radius 2 is 1.19 bits per heavy atom. The molecule has 6 heteroatoms. The highest BCUT2D eigenvalue weighted by molar-refractivity contribution is 5.87. The first-order valence-electron chi connectivity index (χ1n) is 8.56. The summed E-state index contributed by atoms with van der Waals surface area (Å²) in [7, 11) is 0. The van der Waals surface area contributed by atoms with Gasteiger partial charge in [0, 0.05) is 0 Å². The van der Waals surface area contributed by atoms with Gasteiger partial charge in [0.15, 0.2) is 0 Å². The molecule has 148 valence electrons. The molecule has 0 spiro atoms. The summed E-state index contributed by atoms with van der Waals surface area (Å²) < 4.78 is 0. The first kappa shape index (κ1) is 24.3. The van der Waals surface area contributed by atoms with Crippen LogP contribution in [-0.2, 0) is 0 Å². The molecule has 0 aliphatic heterocycles. The Balaban J connectivity index is 0.000000376. The lowest BCUT2D eigenvalue weighted by Crippen LogP contribution is -2.35. The van der Waals surface area contributed by atoms with Gasteiger partial charge in [-0.1, -0.05) is 49.7 Å². The lowest BCUT2D eigenvalue weighted by Gasteiger charge is -2.23. The Morgan fingerprint density at radius 3 is 1.33 bits per heavy atom. The molecule has 0 saturated carbocycles. The molecule has 4 N–H and O–H groups in total. The minimum Gasteiger partial charge on any atom is -0.478 e. The van der Waals surface area contributed by atoms with E-state index in [1.165, 1.54) is 0 Å². The quantitative estimate of drug-likeness (QED) is 0.633. The average molecular weight is 376 g/mol. The Bertz CT molecular complexity index is 613. The van der Waals surface area contributed by atoms with E-state index >= 15 is 0 Å². The van der Waals surface area contributed by atoms with Gasteiger partial charge in [-0.2, -0.15) is 0 Å². The number of carbonyl (C=O) groups is 2. The summed E-state index contributed by atoms with van der Waals surface area (Å²) in [6, 6.07) is 16.6. The normalized spacial score (nSPS) is 11.1. The van der Waals surface area contributed by atoms with Crippen LogP contribution in [-0.4, -0.2) is 44.1 Å². The fourth-order valence-corrected chi connectivity index (χ4v) is 1.79. The predicted octanol–water partition coefficient (Wildman–Crippen LogP) is 3.69. The maximum atomic E-state index is 10.2. The fourth-order valence-electron chi connectivity index (χ4n) is 1.79. The molecule has 0 radical (unpaired) electrons. The zero-order valence-electron chi connectivity index (χ0n) is 15.9. The van der Waals surface area contributed by atoms with Crippen molar-refractivity contribution in [3.05, 3.63) is 71.8 Å². The number of aromatic carboxylic acids is 2. The number of aliphatic hydroxyl groups is 2. The maximum absolute atomic E-state index is 10.2. The molecule has 0 saturated heterocycles. The van der Waals surface area contributed by atoms with E-state index in [1.54, 1.807) is 74.5 Å². The summed E-state index contributed by atoms with van der Waals surface area (Å²) in [6.45, 7) is 5.22. The smallest absolute Gasteiger partial charge is 0.335 e. The highest BCUT2D eigenvalue weighted by Gasteiger charge is 2.22. The molecule has 0 aliphatic rings. The summed E-state index contributed by atoms with van der Waals surface area (Å²) in [4.78, 5) is 20.4. The molecule has 6 nitrogen and oxygen atoms in total. The lowest BCUT2D eigenvalue weighted by atomic mass is 9.98. The Morgan fingerprint density at radius 1 is 0.852 bits per heavy atom. The van der Waals surface area contributed by atoms with E-state index < -0.39 is 23.6 Å². The molecule has 2 aromatic rings. The summed E-state index contributed by atoms with van der Waals surface area (Å²) in [5, 5.41) is 35.1. The van der Waals surface area contributed by atoms with Crippen molar-refractivity contribution in [2.24, 2.45) is 0 Å². The number of carboxylic acid groups (broad SMARTS) is 2. The van der Waals surface area contributed by atoms with Crippen molar-refractivity contribution in [2.45, 2.75) is 45.3 Å². The standard InChI is InChI=1S/2C7H6O2.C7H16O2/c2*8-7(9)6-4-2-1-3-5-6;1-4-5-6(8)7(2,3)9/h2*1-5H,(H,8,9);6,8-9H,4-5H2,1-3H3. The summed E-state index contributed by atoms with van der Waals surface area (Å²) in [6.07, 6.45) is 0.997. The Labute approximate surface area is 159 Å². The van der Waals surface area contributed by atoms with Crippen LogP contribution < -0.4 is 0 Å². The largest absolute Gasteiger partial charge is 0.478 e. The SMILES string of the molecule is CCCC(O)C(C)(C)O.O=C(O)c1ccccc1.O=C(O)c1ccccc1. The predicted molar refractivity (Wildman–Crippen MR) is 104 cm³/mol. The number of benzene rings is 2. The van der Waals surface area contributed by atoms with E-state index in [9.17, 15) is 9.59 Å². The molecule has 0 bridgehead atoms. The highest BCUT2D eigenvalue weighted by atomic mass is 16.4. The third kappa shape index (κ3) is 11.5. The molecule has 1 unspecified atom stereocenters. The van der Waals surface area contributed by atoms with Gasteiger partial charge in [0.25, 0.3) is 0 Å². The molecule has 1 atom stereocenters. The van der Waals surface area contributed by atoms with Crippen molar-refractivity contribution in [3.8, 4) is 0 Å². The van der Waals surface area contributed by atoms with Crippen LogP contribution in [0.5, 0.6) is 0 Å². The Kier molecular flexibility index (Phi) is 11.4. The minimum absolute atomic E-state index is 0.331. The second-order valence-electron chi connectivity index (χ2n) is 6.30. The first-order valence-corrected chi connectivity index (χ1v) is 8.56. The van der Waals surface area contributed by atoms with E-state index in [2.05, 4.69) is 0 Å².